The van der Waals surface area contributed by atoms with Crippen molar-refractivity contribution in [2.45, 2.75) is 52.2 Å². The van der Waals surface area contributed by atoms with Gasteiger partial charge in [-0.2, -0.15) is 0 Å². The number of carbonyl (C=O) groups is 1. The lowest BCUT2D eigenvalue weighted by Crippen LogP contribution is -2.49. The molecule has 3 aromatic rings. The molecule has 0 aliphatic carbocycles. The van der Waals surface area contributed by atoms with E-state index < -0.39 is 5.60 Å². The van der Waals surface area contributed by atoms with E-state index in [0.717, 1.165) is 29.5 Å². The van der Waals surface area contributed by atoms with Gasteiger partial charge >= 0.3 is 6.09 Å². The molecule has 0 N–H and O–H groups in total. The van der Waals surface area contributed by atoms with Gasteiger partial charge in [0, 0.05) is 25.5 Å². The van der Waals surface area contributed by atoms with Crippen molar-refractivity contribution in [1.82, 2.24) is 15.1 Å². The molecule has 162 valence electrons. The van der Waals surface area contributed by atoms with Crippen LogP contribution in [0.15, 0.2) is 59.0 Å². The molecule has 1 unspecified atom stereocenters. The SMILES string of the molecule is Cc1nnc(-c2ccc(C(C)N3CC[C@@](CC(C)C)(c4ccccc4)OC3=O)cc2)o1. The summed E-state index contributed by atoms with van der Waals surface area (Å²) in [5.74, 6) is 1.44. The number of aromatic nitrogens is 2. The average molecular weight is 420 g/mol. The first-order valence-corrected chi connectivity index (χ1v) is 10.8. The number of benzene rings is 2. The number of carbonyl (C=O) groups excluding carboxylic acids is 1. The third kappa shape index (κ3) is 4.33. The molecule has 1 aromatic heterocycles. The normalized spacial score (nSPS) is 20.0. The molecule has 0 radical (unpaired) electrons. The smallest absolute Gasteiger partial charge is 0.411 e. The lowest BCUT2D eigenvalue weighted by atomic mass is 9.81. The molecule has 1 saturated heterocycles. The van der Waals surface area contributed by atoms with Crippen LogP contribution in [-0.4, -0.2) is 27.7 Å². The molecule has 0 bridgehead atoms. The summed E-state index contributed by atoms with van der Waals surface area (Å²) in [5, 5.41) is 7.94. The number of nitrogens with zero attached hydrogens (tertiary/aromatic N) is 3. The second kappa shape index (κ2) is 8.53. The largest absolute Gasteiger partial charge is 0.438 e. The Morgan fingerprint density at radius 2 is 1.74 bits per heavy atom. The maximum Gasteiger partial charge on any atom is 0.411 e. The van der Waals surface area contributed by atoms with Crippen LogP contribution in [-0.2, 0) is 10.3 Å². The first-order valence-electron chi connectivity index (χ1n) is 10.8. The van der Waals surface area contributed by atoms with E-state index in [4.69, 9.17) is 9.15 Å². The second-order valence-electron chi connectivity index (χ2n) is 8.69. The maximum atomic E-state index is 13.1. The molecule has 1 aliphatic rings. The van der Waals surface area contributed by atoms with Gasteiger partial charge in [-0.1, -0.05) is 56.3 Å². The van der Waals surface area contributed by atoms with Crippen molar-refractivity contribution >= 4 is 6.09 Å². The minimum absolute atomic E-state index is 0.0983. The molecule has 2 heterocycles. The van der Waals surface area contributed by atoms with Gasteiger partial charge in [0.25, 0.3) is 0 Å². The van der Waals surface area contributed by atoms with E-state index in [9.17, 15) is 4.79 Å². The Morgan fingerprint density at radius 1 is 1.03 bits per heavy atom. The quantitative estimate of drug-likeness (QED) is 0.498. The Bertz CT molecular complexity index is 1030. The third-order valence-corrected chi connectivity index (χ3v) is 5.95. The summed E-state index contributed by atoms with van der Waals surface area (Å²) in [6, 6.07) is 17.9. The lowest BCUT2D eigenvalue weighted by Gasteiger charge is -2.44. The fourth-order valence-corrected chi connectivity index (χ4v) is 4.38. The molecule has 1 fully saturated rings. The molecule has 4 rings (SSSR count). The van der Waals surface area contributed by atoms with Gasteiger partial charge < -0.3 is 14.1 Å². The molecule has 0 saturated carbocycles. The number of cyclic esters (lactones) is 1. The van der Waals surface area contributed by atoms with Crippen molar-refractivity contribution in [3.05, 3.63) is 71.6 Å². The van der Waals surface area contributed by atoms with Crippen LogP contribution in [0.1, 0.15) is 56.7 Å². The van der Waals surface area contributed by atoms with Crippen LogP contribution in [0.3, 0.4) is 0 Å². The van der Waals surface area contributed by atoms with E-state index in [1.54, 1.807) is 6.92 Å². The highest BCUT2D eigenvalue weighted by atomic mass is 16.6. The van der Waals surface area contributed by atoms with Crippen molar-refractivity contribution in [3.63, 3.8) is 0 Å². The van der Waals surface area contributed by atoms with Crippen molar-refractivity contribution in [2.24, 2.45) is 5.92 Å². The van der Waals surface area contributed by atoms with Gasteiger partial charge in [0.05, 0.1) is 6.04 Å². The van der Waals surface area contributed by atoms with Gasteiger partial charge in [-0.3, -0.25) is 0 Å². The highest BCUT2D eigenvalue weighted by Gasteiger charge is 2.43. The minimum Gasteiger partial charge on any atom is -0.438 e. The number of hydrogen-bond donors (Lipinski definition) is 0. The molecule has 0 spiro atoms. The second-order valence-corrected chi connectivity index (χ2v) is 8.69. The monoisotopic (exact) mass is 419 g/mol. The highest BCUT2D eigenvalue weighted by molar-refractivity contribution is 5.70. The molecule has 31 heavy (non-hydrogen) atoms. The van der Waals surface area contributed by atoms with Gasteiger partial charge in [-0.15, -0.1) is 10.2 Å². The molecular formula is C25H29N3O3. The van der Waals surface area contributed by atoms with E-state index >= 15 is 0 Å². The predicted octanol–water partition coefficient (Wildman–Crippen LogP) is 5.89. The first kappa shape index (κ1) is 21.1. The van der Waals surface area contributed by atoms with E-state index in [2.05, 4.69) is 36.2 Å². The number of ether oxygens (including phenoxy) is 1. The first-order chi connectivity index (χ1) is 14.9. The molecule has 6 nitrogen and oxygen atoms in total. The molecule has 2 aromatic carbocycles. The zero-order chi connectivity index (χ0) is 22.0. The minimum atomic E-state index is -0.567. The van der Waals surface area contributed by atoms with Crippen LogP contribution in [0.5, 0.6) is 0 Å². The van der Waals surface area contributed by atoms with E-state index in [0.29, 0.717) is 24.2 Å². The van der Waals surface area contributed by atoms with E-state index in [1.807, 2.05) is 54.3 Å². The van der Waals surface area contributed by atoms with Crippen LogP contribution >= 0.6 is 0 Å². The molecule has 1 aliphatic heterocycles. The fourth-order valence-electron chi connectivity index (χ4n) is 4.38. The summed E-state index contributed by atoms with van der Waals surface area (Å²) in [6.45, 7) is 8.78. The zero-order valence-electron chi connectivity index (χ0n) is 18.5. The summed E-state index contributed by atoms with van der Waals surface area (Å²) in [7, 11) is 0. The van der Waals surface area contributed by atoms with Gasteiger partial charge in [0.2, 0.25) is 11.8 Å². The van der Waals surface area contributed by atoms with Crippen LogP contribution in [0.25, 0.3) is 11.5 Å². The van der Waals surface area contributed by atoms with E-state index in [1.165, 1.54) is 0 Å². The highest BCUT2D eigenvalue weighted by Crippen LogP contribution is 2.41. The Morgan fingerprint density at radius 3 is 2.32 bits per heavy atom. The van der Waals surface area contributed by atoms with E-state index in [-0.39, 0.29) is 12.1 Å². The Kier molecular flexibility index (Phi) is 5.81. The van der Waals surface area contributed by atoms with Crippen molar-refractivity contribution < 1.29 is 13.9 Å². The lowest BCUT2D eigenvalue weighted by molar-refractivity contribution is -0.0715. The number of aryl methyl sites for hydroxylation is 1. The van der Waals surface area contributed by atoms with Crippen molar-refractivity contribution in [1.29, 1.82) is 0 Å². The van der Waals surface area contributed by atoms with Gasteiger partial charge in [0.1, 0.15) is 5.60 Å². The molecular weight excluding hydrogens is 390 g/mol. The summed E-state index contributed by atoms with van der Waals surface area (Å²) in [4.78, 5) is 15.0. The Labute approximate surface area is 183 Å². The average Bonchev–Trinajstić information content (AvgIpc) is 3.20. The zero-order valence-corrected chi connectivity index (χ0v) is 18.5. The van der Waals surface area contributed by atoms with Crippen LogP contribution in [0.2, 0.25) is 0 Å². The Hall–Kier alpha value is -3.15. The van der Waals surface area contributed by atoms with Crippen molar-refractivity contribution in [2.75, 3.05) is 6.54 Å². The Balaban J connectivity index is 1.52. The molecule has 2 atom stereocenters. The predicted molar refractivity (Wildman–Crippen MR) is 118 cm³/mol. The standard InChI is InChI=1S/C25H29N3O3/c1-17(2)16-25(22-8-6-5-7-9-22)14-15-28(24(29)31-25)18(3)20-10-12-21(13-11-20)23-27-26-19(4)30-23/h5-13,17-18H,14-16H2,1-4H3/t18?,25-/m1/s1. The number of rotatable bonds is 6. The molecule has 6 heteroatoms. The van der Waals surface area contributed by atoms with Crippen LogP contribution in [0.4, 0.5) is 4.79 Å². The summed E-state index contributed by atoms with van der Waals surface area (Å²) in [6.07, 6.45) is 1.31. The van der Waals surface area contributed by atoms with Gasteiger partial charge in [-0.05, 0) is 42.5 Å². The summed E-state index contributed by atoms with van der Waals surface area (Å²) < 4.78 is 11.7. The van der Waals surface area contributed by atoms with Gasteiger partial charge in [-0.25, -0.2) is 4.79 Å². The van der Waals surface area contributed by atoms with Gasteiger partial charge in [0.15, 0.2) is 0 Å². The van der Waals surface area contributed by atoms with Crippen LogP contribution in [0, 0.1) is 12.8 Å². The van der Waals surface area contributed by atoms with Crippen molar-refractivity contribution in [3.8, 4) is 11.5 Å². The summed E-state index contributed by atoms with van der Waals surface area (Å²) in [5.41, 5.74) is 2.40. The maximum absolute atomic E-state index is 13.1. The third-order valence-electron chi connectivity index (χ3n) is 5.95. The number of hydrogen-bond acceptors (Lipinski definition) is 5. The number of amides is 1. The topological polar surface area (TPSA) is 68.5 Å². The van der Waals surface area contributed by atoms with Crippen LogP contribution < -0.4 is 0 Å². The molecule has 1 amide bonds. The summed E-state index contributed by atoms with van der Waals surface area (Å²) >= 11 is 0. The fraction of sp³-hybridized carbons (Fsp3) is 0.400.